The van der Waals surface area contributed by atoms with E-state index in [9.17, 15) is 13.2 Å². The molecule has 0 aliphatic rings. The van der Waals surface area contributed by atoms with Gasteiger partial charge in [0.05, 0.1) is 18.8 Å². The maximum atomic E-state index is 12.4. The van der Waals surface area contributed by atoms with Crippen LogP contribution >= 0.6 is 0 Å². The van der Waals surface area contributed by atoms with Crippen molar-refractivity contribution in [2.45, 2.75) is 19.2 Å². The SMILES string of the molecule is Nc1ccccc1CCOCc1ccc(C(F)(F)F)cc1. The summed E-state index contributed by atoms with van der Waals surface area (Å²) < 4.78 is 42.7. The molecule has 0 fully saturated rings. The lowest BCUT2D eigenvalue weighted by Gasteiger charge is -2.09. The summed E-state index contributed by atoms with van der Waals surface area (Å²) in [5.41, 5.74) is 7.59. The normalized spacial score (nSPS) is 11.6. The van der Waals surface area contributed by atoms with Gasteiger partial charge in [-0.25, -0.2) is 0 Å². The van der Waals surface area contributed by atoms with Crippen LogP contribution < -0.4 is 5.73 Å². The second-order valence-electron chi connectivity index (χ2n) is 4.70. The second kappa shape index (κ2) is 6.63. The Hall–Kier alpha value is -2.01. The Kier molecular flexibility index (Phi) is 4.85. The Morgan fingerprint density at radius 1 is 0.952 bits per heavy atom. The summed E-state index contributed by atoms with van der Waals surface area (Å²) >= 11 is 0. The predicted molar refractivity (Wildman–Crippen MR) is 75.7 cm³/mol. The van der Waals surface area contributed by atoms with Crippen LogP contribution in [0.2, 0.25) is 0 Å². The van der Waals surface area contributed by atoms with Gasteiger partial charge in [-0.1, -0.05) is 30.3 Å². The van der Waals surface area contributed by atoms with E-state index >= 15 is 0 Å². The van der Waals surface area contributed by atoms with Crippen LogP contribution in [-0.4, -0.2) is 6.61 Å². The Balaban J connectivity index is 1.80. The third kappa shape index (κ3) is 4.49. The van der Waals surface area contributed by atoms with E-state index in [1.165, 1.54) is 12.1 Å². The summed E-state index contributed by atoms with van der Waals surface area (Å²) in [6.45, 7) is 0.750. The van der Waals surface area contributed by atoms with Crippen molar-refractivity contribution in [3.8, 4) is 0 Å². The van der Waals surface area contributed by atoms with Gasteiger partial charge < -0.3 is 10.5 Å². The summed E-state index contributed by atoms with van der Waals surface area (Å²) in [5.74, 6) is 0. The average Bonchev–Trinajstić information content (AvgIpc) is 2.45. The van der Waals surface area contributed by atoms with Crippen LogP contribution in [0.15, 0.2) is 48.5 Å². The molecule has 5 heteroatoms. The molecule has 2 rings (SSSR count). The second-order valence-corrected chi connectivity index (χ2v) is 4.70. The molecule has 0 saturated carbocycles. The van der Waals surface area contributed by atoms with Gasteiger partial charge in [-0.2, -0.15) is 13.2 Å². The molecule has 21 heavy (non-hydrogen) atoms. The van der Waals surface area contributed by atoms with Crippen LogP contribution in [0.4, 0.5) is 18.9 Å². The molecule has 0 radical (unpaired) electrons. The fraction of sp³-hybridized carbons (Fsp3) is 0.250. The Bertz CT molecular complexity index is 579. The monoisotopic (exact) mass is 295 g/mol. The zero-order chi connectivity index (χ0) is 15.3. The van der Waals surface area contributed by atoms with Crippen molar-refractivity contribution in [1.82, 2.24) is 0 Å². The molecule has 2 aromatic rings. The van der Waals surface area contributed by atoms with Crippen LogP contribution in [-0.2, 0) is 23.9 Å². The van der Waals surface area contributed by atoms with Crippen LogP contribution in [0.1, 0.15) is 16.7 Å². The minimum Gasteiger partial charge on any atom is -0.399 e. The van der Waals surface area contributed by atoms with Gasteiger partial charge in [0.2, 0.25) is 0 Å². The molecule has 0 saturated heterocycles. The first-order chi connectivity index (χ1) is 9.97. The highest BCUT2D eigenvalue weighted by molar-refractivity contribution is 5.46. The lowest BCUT2D eigenvalue weighted by molar-refractivity contribution is -0.137. The standard InChI is InChI=1S/C16H16F3NO/c17-16(18,19)14-7-5-12(6-8-14)11-21-10-9-13-3-1-2-4-15(13)20/h1-8H,9-11,20H2. The average molecular weight is 295 g/mol. The fourth-order valence-corrected chi connectivity index (χ4v) is 1.92. The molecule has 2 aromatic carbocycles. The zero-order valence-corrected chi connectivity index (χ0v) is 11.4. The van der Waals surface area contributed by atoms with Crippen molar-refractivity contribution in [2.75, 3.05) is 12.3 Å². The number of hydrogen-bond donors (Lipinski definition) is 1. The van der Waals surface area contributed by atoms with Gasteiger partial charge in [0.15, 0.2) is 0 Å². The third-order valence-corrected chi connectivity index (χ3v) is 3.12. The Morgan fingerprint density at radius 2 is 1.62 bits per heavy atom. The maximum absolute atomic E-state index is 12.4. The van der Waals surface area contributed by atoms with E-state index in [0.29, 0.717) is 18.6 Å². The van der Waals surface area contributed by atoms with E-state index in [1.807, 2.05) is 24.3 Å². The van der Waals surface area contributed by atoms with E-state index in [1.54, 1.807) is 0 Å². The van der Waals surface area contributed by atoms with E-state index in [-0.39, 0.29) is 6.61 Å². The number of alkyl halides is 3. The van der Waals surface area contributed by atoms with Gasteiger partial charge in [-0.3, -0.25) is 0 Å². The molecule has 0 heterocycles. The lowest BCUT2D eigenvalue weighted by atomic mass is 10.1. The van der Waals surface area contributed by atoms with E-state index in [4.69, 9.17) is 10.5 Å². The minimum atomic E-state index is -4.30. The van der Waals surface area contributed by atoms with Crippen LogP contribution in [0.5, 0.6) is 0 Å². The number of para-hydroxylation sites is 1. The summed E-state index contributed by atoms with van der Waals surface area (Å²) in [4.78, 5) is 0. The van der Waals surface area contributed by atoms with Gasteiger partial charge in [-0.05, 0) is 35.7 Å². The number of hydrogen-bond acceptors (Lipinski definition) is 2. The number of benzene rings is 2. The molecule has 0 atom stereocenters. The van der Waals surface area contributed by atoms with Crippen LogP contribution in [0.25, 0.3) is 0 Å². The van der Waals surface area contributed by atoms with Gasteiger partial charge in [0, 0.05) is 5.69 Å². The van der Waals surface area contributed by atoms with E-state index in [0.717, 1.165) is 23.4 Å². The Morgan fingerprint density at radius 3 is 2.24 bits per heavy atom. The molecule has 0 aromatic heterocycles. The zero-order valence-electron chi connectivity index (χ0n) is 11.4. The van der Waals surface area contributed by atoms with E-state index in [2.05, 4.69) is 0 Å². The summed E-state index contributed by atoms with van der Waals surface area (Å²) in [7, 11) is 0. The van der Waals surface area contributed by atoms with Crippen molar-refractivity contribution >= 4 is 5.69 Å². The molecule has 112 valence electrons. The smallest absolute Gasteiger partial charge is 0.399 e. The first-order valence-corrected chi connectivity index (χ1v) is 6.54. The molecule has 2 nitrogen and oxygen atoms in total. The summed E-state index contributed by atoms with van der Waals surface area (Å²) in [5, 5.41) is 0. The first-order valence-electron chi connectivity index (χ1n) is 6.54. The minimum absolute atomic E-state index is 0.283. The highest BCUT2D eigenvalue weighted by Gasteiger charge is 2.29. The van der Waals surface area contributed by atoms with Crippen LogP contribution in [0.3, 0.4) is 0 Å². The number of halogens is 3. The highest BCUT2D eigenvalue weighted by Crippen LogP contribution is 2.29. The molecule has 0 aliphatic carbocycles. The number of ether oxygens (including phenoxy) is 1. The van der Waals surface area contributed by atoms with Gasteiger partial charge in [0.25, 0.3) is 0 Å². The molecule has 0 bridgehead atoms. The van der Waals surface area contributed by atoms with Crippen LogP contribution in [0, 0.1) is 0 Å². The van der Waals surface area contributed by atoms with Crippen molar-refractivity contribution in [1.29, 1.82) is 0 Å². The quantitative estimate of drug-likeness (QED) is 0.667. The number of anilines is 1. The fourth-order valence-electron chi connectivity index (χ4n) is 1.92. The van der Waals surface area contributed by atoms with Crippen molar-refractivity contribution in [2.24, 2.45) is 0 Å². The number of nitrogen functional groups attached to an aromatic ring is 1. The number of rotatable bonds is 5. The molecular weight excluding hydrogens is 279 g/mol. The summed E-state index contributed by atoms with van der Waals surface area (Å²) in [6, 6.07) is 12.5. The lowest BCUT2D eigenvalue weighted by Crippen LogP contribution is -2.05. The molecule has 2 N–H and O–H groups in total. The van der Waals surface area contributed by atoms with Gasteiger partial charge in [-0.15, -0.1) is 0 Å². The summed E-state index contributed by atoms with van der Waals surface area (Å²) in [6.07, 6.45) is -3.63. The molecular formula is C16H16F3NO. The van der Waals surface area contributed by atoms with Gasteiger partial charge >= 0.3 is 6.18 Å². The molecule has 0 spiro atoms. The maximum Gasteiger partial charge on any atom is 0.416 e. The highest BCUT2D eigenvalue weighted by atomic mass is 19.4. The first kappa shape index (κ1) is 15.4. The molecule has 0 unspecified atom stereocenters. The molecule has 0 aliphatic heterocycles. The number of nitrogens with two attached hydrogens (primary N) is 1. The topological polar surface area (TPSA) is 35.2 Å². The van der Waals surface area contributed by atoms with Crippen molar-refractivity contribution in [3.05, 3.63) is 65.2 Å². The predicted octanol–water partition coefficient (Wildman–Crippen LogP) is 4.05. The van der Waals surface area contributed by atoms with Gasteiger partial charge in [0.1, 0.15) is 0 Å². The Labute approximate surface area is 121 Å². The third-order valence-electron chi connectivity index (χ3n) is 3.12. The molecule has 0 amide bonds. The van der Waals surface area contributed by atoms with Crippen molar-refractivity contribution < 1.29 is 17.9 Å². The van der Waals surface area contributed by atoms with Crippen molar-refractivity contribution in [3.63, 3.8) is 0 Å². The largest absolute Gasteiger partial charge is 0.416 e. The van der Waals surface area contributed by atoms with E-state index < -0.39 is 11.7 Å².